The maximum absolute atomic E-state index is 7.31. The minimum absolute atomic E-state index is 0.299. The smallest absolute Gasteiger partial charge is 0.252 e. The van der Waals surface area contributed by atoms with Gasteiger partial charge in [-0.2, -0.15) is 0 Å². The van der Waals surface area contributed by atoms with Crippen LogP contribution < -0.4 is 26.2 Å². The first-order chi connectivity index (χ1) is 48.8. The van der Waals surface area contributed by atoms with Gasteiger partial charge in [0.25, 0.3) is 6.71 Å². The van der Waals surface area contributed by atoms with Crippen LogP contribution in [-0.4, -0.2) is 6.71 Å². The summed E-state index contributed by atoms with van der Waals surface area (Å²) < 4.78 is 14.6. The van der Waals surface area contributed by atoms with Crippen LogP contribution in [0.25, 0.3) is 133 Å². The zero-order chi connectivity index (χ0) is 65.9. The third-order valence-corrected chi connectivity index (χ3v) is 20.6. The van der Waals surface area contributed by atoms with Crippen LogP contribution in [0.5, 0.6) is 0 Å². The Morgan fingerprint density at radius 2 is 0.505 bits per heavy atom. The third-order valence-electron chi connectivity index (χ3n) is 20.6. The standard InChI is InChI=1S/C94H65BN2O2/c1-94(2,3)68-58-85-87-86(59-68)97(89-71(62-32-14-6-15-33-62)42-23-43-72(89)63-34-16-7-17-35-63)84-55-53-67(76-47-27-51-80-78-49-25-45-74(91(78)99-93(76)80)65-38-20-9-21-39-65)57-82(84)95(87)81-56-66(75-46-26-50-79-77-48-24-44-73(90(77)98-92(75)79)64-36-18-8-19-37-64)52-54-83(81)96(85)88-69(60-28-10-4-11-29-60)40-22-41-70(88)61-30-12-5-13-31-61/h4-59H,1-3H3. The van der Waals surface area contributed by atoms with Gasteiger partial charge in [-0.15, -0.1) is 0 Å². The first-order valence-corrected chi connectivity index (χ1v) is 34.3. The van der Waals surface area contributed by atoms with Gasteiger partial charge in [0.05, 0.1) is 11.4 Å². The van der Waals surface area contributed by atoms with Crippen LogP contribution in [0.2, 0.25) is 0 Å². The topological polar surface area (TPSA) is 32.8 Å². The number of furan rings is 2. The van der Waals surface area contributed by atoms with Crippen molar-refractivity contribution in [2.45, 2.75) is 26.2 Å². The molecular formula is C94H65BN2O2. The van der Waals surface area contributed by atoms with E-state index in [-0.39, 0.29) is 12.1 Å². The molecule has 0 aliphatic carbocycles. The lowest BCUT2D eigenvalue weighted by atomic mass is 9.33. The van der Waals surface area contributed by atoms with Gasteiger partial charge in [0.2, 0.25) is 0 Å². The summed E-state index contributed by atoms with van der Waals surface area (Å²) >= 11 is 0. The lowest BCUT2D eigenvalue weighted by molar-refractivity contribution is 0.590. The number of hydrogen-bond acceptors (Lipinski definition) is 4. The number of benzene rings is 15. The lowest BCUT2D eigenvalue weighted by Gasteiger charge is -2.46. The summed E-state index contributed by atoms with van der Waals surface area (Å²) in [6.07, 6.45) is 0. The van der Waals surface area contributed by atoms with Gasteiger partial charge in [0, 0.05) is 88.8 Å². The van der Waals surface area contributed by atoms with E-state index >= 15 is 0 Å². The van der Waals surface area contributed by atoms with Crippen molar-refractivity contribution < 1.29 is 8.83 Å². The summed E-state index contributed by atoms with van der Waals surface area (Å²) in [5, 5.41) is 4.34. The molecule has 0 fully saturated rings. The normalized spacial score (nSPS) is 12.5. The fourth-order valence-electron chi connectivity index (χ4n) is 16.0. The molecule has 0 spiro atoms. The molecule has 0 saturated heterocycles. The Morgan fingerprint density at radius 1 is 0.242 bits per heavy atom. The first kappa shape index (κ1) is 58.0. The lowest BCUT2D eigenvalue weighted by Crippen LogP contribution is -2.61. The van der Waals surface area contributed by atoms with Gasteiger partial charge >= 0.3 is 0 Å². The van der Waals surface area contributed by atoms with Crippen LogP contribution in [0.15, 0.2) is 349 Å². The SMILES string of the molecule is CC(C)(C)c1cc2c3c(c1)N(c1c(-c4ccccc4)cccc1-c1ccccc1)c1ccc(-c4cccc5c4oc4c(-c6ccccc6)cccc45)cc1B3c1cc(-c3cccc4c3oc3c(-c5ccccc5)cccc34)ccc1N2c1c(-c2ccccc2)cccc1-c1ccccc1. The molecule has 466 valence electrons. The van der Waals surface area contributed by atoms with Gasteiger partial charge in [-0.25, -0.2) is 0 Å². The Balaban J connectivity index is 0.955. The number of anilines is 6. The van der Waals surface area contributed by atoms with Crippen molar-refractivity contribution in [1.82, 2.24) is 0 Å². The Hall–Kier alpha value is -12.4. The quantitative estimate of drug-likeness (QED) is 0.128. The summed E-state index contributed by atoms with van der Waals surface area (Å²) in [6, 6.07) is 125. The van der Waals surface area contributed by atoms with E-state index in [0.717, 1.165) is 167 Å². The molecule has 99 heavy (non-hydrogen) atoms. The minimum Gasteiger partial charge on any atom is -0.455 e. The molecule has 5 heteroatoms. The fraction of sp³-hybridized carbons (Fsp3) is 0.0426. The summed E-state index contributed by atoms with van der Waals surface area (Å²) in [5.41, 5.74) is 32.3. The minimum atomic E-state index is -0.311. The van der Waals surface area contributed by atoms with Gasteiger partial charge in [-0.3, -0.25) is 0 Å². The highest BCUT2D eigenvalue weighted by Crippen LogP contribution is 2.55. The van der Waals surface area contributed by atoms with Gasteiger partial charge in [-0.05, 0) is 96.1 Å². The molecule has 0 radical (unpaired) electrons. The fourth-order valence-corrected chi connectivity index (χ4v) is 16.0. The second-order valence-corrected chi connectivity index (χ2v) is 27.4. The van der Waals surface area contributed by atoms with Crippen LogP contribution in [0.1, 0.15) is 26.3 Å². The van der Waals surface area contributed by atoms with E-state index < -0.39 is 0 Å². The predicted molar refractivity (Wildman–Crippen MR) is 417 cm³/mol. The van der Waals surface area contributed by atoms with Crippen molar-refractivity contribution in [3.8, 4) is 89.0 Å². The monoisotopic (exact) mass is 1260 g/mol. The number of hydrogen-bond donors (Lipinski definition) is 0. The molecule has 0 saturated carbocycles. The molecular weight excluding hydrogens is 1200 g/mol. The number of nitrogens with zero attached hydrogens (tertiary/aromatic N) is 2. The Labute approximate surface area is 576 Å². The zero-order valence-corrected chi connectivity index (χ0v) is 55.1. The molecule has 0 amide bonds. The molecule has 4 nitrogen and oxygen atoms in total. The molecule has 2 aliphatic rings. The van der Waals surface area contributed by atoms with E-state index in [1.165, 1.54) is 22.0 Å². The zero-order valence-electron chi connectivity index (χ0n) is 55.1. The van der Waals surface area contributed by atoms with Crippen LogP contribution >= 0.6 is 0 Å². The molecule has 0 atom stereocenters. The van der Waals surface area contributed by atoms with E-state index in [0.29, 0.717) is 0 Å². The summed E-state index contributed by atoms with van der Waals surface area (Å²) in [4.78, 5) is 5.30. The average Bonchev–Trinajstić information content (AvgIpc) is 1.30. The second kappa shape index (κ2) is 23.2. The van der Waals surface area contributed by atoms with Crippen LogP contribution in [0.4, 0.5) is 34.1 Å². The second-order valence-electron chi connectivity index (χ2n) is 27.4. The number of rotatable bonds is 10. The molecule has 15 aromatic carbocycles. The van der Waals surface area contributed by atoms with Crippen molar-refractivity contribution in [3.63, 3.8) is 0 Å². The highest BCUT2D eigenvalue weighted by atomic mass is 16.3. The molecule has 0 unspecified atom stereocenters. The summed E-state index contributed by atoms with van der Waals surface area (Å²) in [6.45, 7) is 6.78. The Morgan fingerprint density at radius 3 is 0.798 bits per heavy atom. The predicted octanol–water partition coefficient (Wildman–Crippen LogP) is 24.2. The number of para-hydroxylation sites is 6. The van der Waals surface area contributed by atoms with Gasteiger partial charge in [-0.1, -0.05) is 336 Å². The van der Waals surface area contributed by atoms with E-state index in [1.54, 1.807) is 0 Å². The van der Waals surface area contributed by atoms with Crippen molar-refractivity contribution in [2.24, 2.45) is 0 Å². The average molecular weight is 1270 g/mol. The van der Waals surface area contributed by atoms with Crippen molar-refractivity contribution in [1.29, 1.82) is 0 Å². The summed E-state index contributed by atoms with van der Waals surface area (Å²) in [7, 11) is 0. The van der Waals surface area contributed by atoms with Crippen LogP contribution in [0.3, 0.4) is 0 Å². The molecule has 0 N–H and O–H groups in total. The van der Waals surface area contributed by atoms with Crippen LogP contribution in [0, 0.1) is 0 Å². The van der Waals surface area contributed by atoms with E-state index in [4.69, 9.17) is 8.83 Å². The van der Waals surface area contributed by atoms with Gasteiger partial charge < -0.3 is 18.6 Å². The third kappa shape index (κ3) is 9.44. The van der Waals surface area contributed by atoms with Gasteiger partial charge in [0.1, 0.15) is 22.3 Å². The Kier molecular flexibility index (Phi) is 13.6. The highest BCUT2D eigenvalue weighted by molar-refractivity contribution is 7.00. The largest absolute Gasteiger partial charge is 0.455 e. The van der Waals surface area contributed by atoms with Crippen molar-refractivity contribution in [3.05, 3.63) is 345 Å². The maximum Gasteiger partial charge on any atom is 0.252 e. The maximum atomic E-state index is 7.31. The van der Waals surface area contributed by atoms with E-state index in [9.17, 15) is 0 Å². The molecule has 2 aromatic heterocycles. The van der Waals surface area contributed by atoms with E-state index in [2.05, 4.69) is 370 Å². The Bertz CT molecular complexity index is 5540. The van der Waals surface area contributed by atoms with Crippen molar-refractivity contribution in [2.75, 3.05) is 9.80 Å². The molecule has 4 heterocycles. The van der Waals surface area contributed by atoms with Crippen LogP contribution in [-0.2, 0) is 5.41 Å². The molecule has 0 bridgehead atoms. The molecule has 17 aromatic rings. The first-order valence-electron chi connectivity index (χ1n) is 34.3. The number of fused-ring (bicyclic) bond motifs is 10. The molecule has 2 aliphatic heterocycles. The van der Waals surface area contributed by atoms with Crippen molar-refractivity contribution >= 4 is 101 Å². The van der Waals surface area contributed by atoms with E-state index in [1.807, 2.05) is 0 Å². The summed E-state index contributed by atoms with van der Waals surface area (Å²) in [5.74, 6) is 0. The van der Waals surface area contributed by atoms with Gasteiger partial charge in [0.15, 0.2) is 0 Å². The molecule has 19 rings (SSSR count). The highest BCUT2D eigenvalue weighted by Gasteiger charge is 2.46.